The Hall–Kier alpha value is -3.08. The van der Waals surface area contributed by atoms with E-state index in [0.717, 1.165) is 53.0 Å². The van der Waals surface area contributed by atoms with Gasteiger partial charge in [-0.15, -0.1) is 0 Å². The number of hydrogen-bond donors (Lipinski definition) is 0. The summed E-state index contributed by atoms with van der Waals surface area (Å²) in [5.41, 5.74) is 3.50. The molecule has 0 saturated carbocycles. The maximum atomic E-state index is 13.5. The molecule has 0 N–H and O–H groups in total. The lowest BCUT2D eigenvalue weighted by Crippen LogP contribution is -2.13. The van der Waals surface area contributed by atoms with Crippen LogP contribution in [-0.2, 0) is 0 Å². The van der Waals surface area contributed by atoms with Gasteiger partial charge in [0, 0.05) is 31.0 Å². The van der Waals surface area contributed by atoms with Crippen molar-refractivity contribution < 1.29 is 0 Å². The third-order valence-corrected chi connectivity index (χ3v) is 6.86. The van der Waals surface area contributed by atoms with E-state index in [1.165, 1.54) is 0 Å². The minimum absolute atomic E-state index is 0.0233. The molecule has 5 heteroatoms. The normalized spacial score (nSPS) is 11.9. The first-order valence-corrected chi connectivity index (χ1v) is 10.8. The second-order valence-corrected chi connectivity index (χ2v) is 9.02. The van der Waals surface area contributed by atoms with Gasteiger partial charge >= 0.3 is 0 Å². The Morgan fingerprint density at radius 1 is 0.900 bits per heavy atom. The Morgan fingerprint density at radius 3 is 2.53 bits per heavy atom. The SMILES string of the molecule is Cc1ccc2nc3c4cccc5c(Sc6ccc(Cl)cc6)ccc(c(=O)n3c2c1)c54. The van der Waals surface area contributed by atoms with Crippen molar-refractivity contribution >= 4 is 61.6 Å². The van der Waals surface area contributed by atoms with Crippen molar-refractivity contribution in [3.05, 3.63) is 93.7 Å². The van der Waals surface area contributed by atoms with E-state index in [9.17, 15) is 4.79 Å². The highest BCUT2D eigenvalue weighted by atomic mass is 35.5. The molecule has 0 saturated heterocycles. The van der Waals surface area contributed by atoms with Gasteiger partial charge in [0.25, 0.3) is 5.56 Å². The quantitative estimate of drug-likeness (QED) is 0.309. The van der Waals surface area contributed by atoms with Crippen LogP contribution in [0.25, 0.3) is 38.2 Å². The molecule has 0 spiro atoms. The van der Waals surface area contributed by atoms with Crippen LogP contribution < -0.4 is 5.56 Å². The number of halogens is 1. The predicted octanol–water partition coefficient (Wildman–Crippen LogP) is 6.70. The third-order valence-electron chi connectivity index (χ3n) is 5.53. The molecular weight excluding hydrogens is 412 g/mol. The molecule has 6 aromatic rings. The van der Waals surface area contributed by atoms with Gasteiger partial charge in [-0.2, -0.15) is 0 Å². The standard InChI is InChI=1S/C25H15ClN2OS/c1-14-5-11-20-21(13-14)28-24(27-20)18-4-2-3-17-22(12-10-19(23(17)18)25(28)29)30-16-8-6-15(26)7-9-16/h2-13H,1H3. The number of nitrogens with zero attached hydrogens (tertiary/aromatic N) is 2. The smallest absolute Gasteiger partial charge is 0.264 e. The molecule has 0 amide bonds. The fourth-order valence-corrected chi connectivity index (χ4v) is 5.22. The van der Waals surface area contributed by atoms with Crippen LogP contribution >= 0.6 is 23.4 Å². The Labute approximate surface area is 181 Å². The maximum absolute atomic E-state index is 13.5. The van der Waals surface area contributed by atoms with Gasteiger partial charge in [0.2, 0.25) is 0 Å². The van der Waals surface area contributed by atoms with Crippen molar-refractivity contribution in [1.29, 1.82) is 0 Å². The minimum atomic E-state index is -0.0233. The molecule has 3 nitrogen and oxygen atoms in total. The molecule has 4 aromatic carbocycles. The van der Waals surface area contributed by atoms with Crippen LogP contribution in [0.15, 0.2) is 87.4 Å². The maximum Gasteiger partial charge on any atom is 0.264 e. The number of imidazole rings is 1. The molecule has 0 atom stereocenters. The van der Waals surface area contributed by atoms with Crippen LogP contribution in [0.5, 0.6) is 0 Å². The average molecular weight is 427 g/mol. The zero-order chi connectivity index (χ0) is 20.4. The van der Waals surface area contributed by atoms with Gasteiger partial charge < -0.3 is 0 Å². The highest BCUT2D eigenvalue weighted by Crippen LogP contribution is 2.38. The van der Waals surface area contributed by atoms with Crippen molar-refractivity contribution in [2.45, 2.75) is 16.7 Å². The monoisotopic (exact) mass is 426 g/mol. The zero-order valence-electron chi connectivity index (χ0n) is 16.0. The first kappa shape index (κ1) is 17.8. The molecule has 6 rings (SSSR count). The number of aryl methyl sites for hydroxylation is 1. The van der Waals surface area contributed by atoms with Crippen LogP contribution in [0.3, 0.4) is 0 Å². The summed E-state index contributed by atoms with van der Waals surface area (Å²) in [6.07, 6.45) is 0. The van der Waals surface area contributed by atoms with Crippen molar-refractivity contribution in [3.63, 3.8) is 0 Å². The minimum Gasteiger partial charge on any atom is -0.268 e. The first-order chi connectivity index (χ1) is 14.6. The fourth-order valence-electron chi connectivity index (χ4n) is 4.16. The van der Waals surface area contributed by atoms with Crippen LogP contribution in [0.4, 0.5) is 0 Å². The Kier molecular flexibility index (Phi) is 3.82. The topological polar surface area (TPSA) is 34.4 Å². The fraction of sp³-hybridized carbons (Fsp3) is 0.0400. The van der Waals surface area contributed by atoms with Gasteiger partial charge in [-0.25, -0.2) is 4.98 Å². The van der Waals surface area contributed by atoms with Crippen LogP contribution in [-0.4, -0.2) is 9.38 Å². The molecule has 2 aromatic heterocycles. The summed E-state index contributed by atoms with van der Waals surface area (Å²) in [5, 5.41) is 4.47. The van der Waals surface area contributed by atoms with Gasteiger partial charge in [-0.3, -0.25) is 9.20 Å². The Bertz CT molecular complexity index is 1650. The summed E-state index contributed by atoms with van der Waals surface area (Å²) in [6, 6.07) is 24.0. The van der Waals surface area contributed by atoms with Crippen molar-refractivity contribution in [1.82, 2.24) is 9.38 Å². The van der Waals surface area contributed by atoms with E-state index in [0.29, 0.717) is 5.65 Å². The largest absolute Gasteiger partial charge is 0.268 e. The summed E-state index contributed by atoms with van der Waals surface area (Å²) in [5.74, 6) is 0. The summed E-state index contributed by atoms with van der Waals surface area (Å²) in [7, 11) is 0. The number of fused-ring (bicyclic) bond motifs is 4. The first-order valence-electron chi connectivity index (χ1n) is 9.63. The van der Waals surface area contributed by atoms with Gasteiger partial charge in [0.05, 0.1) is 11.0 Å². The second-order valence-electron chi connectivity index (χ2n) is 7.46. The highest BCUT2D eigenvalue weighted by Gasteiger charge is 2.17. The summed E-state index contributed by atoms with van der Waals surface area (Å²) < 4.78 is 1.76. The van der Waals surface area contributed by atoms with E-state index in [1.54, 1.807) is 16.2 Å². The van der Waals surface area contributed by atoms with Crippen molar-refractivity contribution in [2.24, 2.45) is 0 Å². The molecule has 30 heavy (non-hydrogen) atoms. The predicted molar refractivity (Wildman–Crippen MR) is 125 cm³/mol. The molecule has 0 fully saturated rings. The summed E-state index contributed by atoms with van der Waals surface area (Å²) in [6.45, 7) is 2.03. The number of aromatic nitrogens is 2. The van der Waals surface area contributed by atoms with Gasteiger partial charge in [0.1, 0.15) is 5.65 Å². The molecule has 2 heterocycles. The Morgan fingerprint density at radius 2 is 1.70 bits per heavy atom. The molecule has 0 unspecified atom stereocenters. The van der Waals surface area contributed by atoms with Crippen LogP contribution in [0.1, 0.15) is 5.56 Å². The van der Waals surface area contributed by atoms with E-state index >= 15 is 0 Å². The molecule has 0 aliphatic carbocycles. The number of hydrogen-bond acceptors (Lipinski definition) is 3. The van der Waals surface area contributed by atoms with E-state index in [1.807, 2.05) is 67.6 Å². The van der Waals surface area contributed by atoms with E-state index in [4.69, 9.17) is 16.6 Å². The van der Waals surface area contributed by atoms with E-state index in [-0.39, 0.29) is 5.56 Å². The third kappa shape index (κ3) is 2.54. The molecule has 0 bridgehead atoms. The number of pyridine rings is 1. The van der Waals surface area contributed by atoms with Crippen LogP contribution in [0, 0.1) is 6.92 Å². The summed E-state index contributed by atoms with van der Waals surface area (Å²) in [4.78, 5) is 20.5. The number of benzene rings is 4. The van der Waals surface area contributed by atoms with E-state index < -0.39 is 0 Å². The lowest BCUT2D eigenvalue weighted by Gasteiger charge is -2.11. The lowest BCUT2D eigenvalue weighted by molar-refractivity contribution is 1.18. The van der Waals surface area contributed by atoms with E-state index in [2.05, 4.69) is 12.1 Å². The molecular formula is C25H15ClN2OS. The van der Waals surface area contributed by atoms with Gasteiger partial charge in [0.15, 0.2) is 0 Å². The van der Waals surface area contributed by atoms with Crippen LogP contribution in [0.2, 0.25) is 5.02 Å². The van der Waals surface area contributed by atoms with Gasteiger partial charge in [-0.1, -0.05) is 47.6 Å². The van der Waals surface area contributed by atoms with Gasteiger partial charge in [-0.05, 0) is 66.4 Å². The molecule has 0 aliphatic heterocycles. The van der Waals surface area contributed by atoms with Crippen molar-refractivity contribution in [3.8, 4) is 0 Å². The molecule has 0 aliphatic rings. The lowest BCUT2D eigenvalue weighted by atomic mass is 10.0. The van der Waals surface area contributed by atoms with Crippen molar-refractivity contribution in [2.75, 3.05) is 0 Å². The highest BCUT2D eigenvalue weighted by molar-refractivity contribution is 7.99. The second kappa shape index (κ2) is 6.46. The number of rotatable bonds is 2. The average Bonchev–Trinajstić information content (AvgIpc) is 3.13. The summed E-state index contributed by atoms with van der Waals surface area (Å²) >= 11 is 7.70. The Balaban J connectivity index is 1.70. The molecule has 144 valence electrons. The molecule has 0 radical (unpaired) electrons. The zero-order valence-corrected chi connectivity index (χ0v) is 17.6.